The van der Waals surface area contributed by atoms with Gasteiger partial charge in [-0.25, -0.2) is 0 Å². The van der Waals surface area contributed by atoms with E-state index in [9.17, 15) is 9.59 Å². The number of anilines is 3. The SMILES string of the molecule is Cn1cccc1C(=O)N1CCN(c2ccc(NC(=O)C(Cl)Cl)c(N3CCCCCC3)c2)CC1. The number of alkyl halides is 2. The molecule has 2 amide bonds. The molecule has 0 unspecified atom stereocenters. The first-order valence-corrected chi connectivity index (χ1v) is 12.4. The molecule has 3 heterocycles. The van der Waals surface area contributed by atoms with Crippen molar-refractivity contribution in [3.05, 3.63) is 42.2 Å². The summed E-state index contributed by atoms with van der Waals surface area (Å²) >= 11 is 11.6. The van der Waals surface area contributed by atoms with Gasteiger partial charge in [-0.2, -0.15) is 0 Å². The molecule has 1 aromatic heterocycles. The molecule has 2 saturated heterocycles. The Morgan fingerprint density at radius 2 is 1.61 bits per heavy atom. The minimum atomic E-state index is -1.11. The van der Waals surface area contributed by atoms with E-state index in [1.165, 1.54) is 12.8 Å². The number of nitrogens with zero attached hydrogens (tertiary/aromatic N) is 4. The topological polar surface area (TPSA) is 60.8 Å². The number of rotatable bonds is 5. The summed E-state index contributed by atoms with van der Waals surface area (Å²) in [6.07, 6.45) is 6.60. The van der Waals surface area contributed by atoms with Gasteiger partial charge in [0.15, 0.2) is 4.84 Å². The van der Waals surface area contributed by atoms with Crippen LogP contribution >= 0.6 is 23.2 Å². The van der Waals surface area contributed by atoms with Crippen LogP contribution in [-0.2, 0) is 11.8 Å². The predicted octanol–water partition coefficient (Wildman–Crippen LogP) is 4.11. The molecule has 4 rings (SSSR count). The van der Waals surface area contributed by atoms with Gasteiger partial charge in [-0.1, -0.05) is 36.0 Å². The Balaban J connectivity index is 1.50. The first-order chi connectivity index (χ1) is 15.9. The molecule has 0 spiro atoms. The van der Waals surface area contributed by atoms with Crippen molar-refractivity contribution in [3.8, 4) is 0 Å². The average Bonchev–Trinajstić information content (AvgIpc) is 3.07. The van der Waals surface area contributed by atoms with Gasteiger partial charge in [0, 0.05) is 58.2 Å². The molecule has 0 radical (unpaired) electrons. The normalized spacial score (nSPS) is 17.3. The van der Waals surface area contributed by atoms with E-state index in [2.05, 4.69) is 21.2 Å². The third-order valence-electron chi connectivity index (χ3n) is 6.48. The molecule has 1 N–H and O–H groups in total. The molecule has 1 aromatic carbocycles. The molecule has 2 aromatic rings. The van der Waals surface area contributed by atoms with Crippen molar-refractivity contribution in [2.24, 2.45) is 7.05 Å². The van der Waals surface area contributed by atoms with Crippen LogP contribution in [0.3, 0.4) is 0 Å². The Morgan fingerprint density at radius 3 is 2.21 bits per heavy atom. The Kier molecular flexibility index (Phi) is 7.71. The van der Waals surface area contributed by atoms with Crippen LogP contribution in [0.2, 0.25) is 0 Å². The second kappa shape index (κ2) is 10.7. The number of halogens is 2. The molecule has 0 saturated carbocycles. The quantitative estimate of drug-likeness (QED) is 0.639. The van der Waals surface area contributed by atoms with Gasteiger partial charge < -0.3 is 24.6 Å². The van der Waals surface area contributed by atoms with Crippen molar-refractivity contribution in [1.82, 2.24) is 9.47 Å². The van der Waals surface area contributed by atoms with Crippen LogP contribution in [0.4, 0.5) is 17.1 Å². The first kappa shape index (κ1) is 23.8. The third-order valence-corrected chi connectivity index (χ3v) is 6.88. The highest BCUT2D eigenvalue weighted by Gasteiger charge is 2.25. The largest absolute Gasteiger partial charge is 0.370 e. The zero-order valence-electron chi connectivity index (χ0n) is 19.0. The fourth-order valence-electron chi connectivity index (χ4n) is 4.60. The van der Waals surface area contributed by atoms with Gasteiger partial charge in [0.1, 0.15) is 5.69 Å². The summed E-state index contributed by atoms with van der Waals surface area (Å²) in [6, 6.07) is 9.85. The van der Waals surface area contributed by atoms with Crippen molar-refractivity contribution >= 4 is 52.1 Å². The van der Waals surface area contributed by atoms with Crippen molar-refractivity contribution in [2.75, 3.05) is 54.4 Å². The van der Waals surface area contributed by atoms with E-state index in [1.807, 2.05) is 47.0 Å². The van der Waals surface area contributed by atoms with Crippen LogP contribution in [0.25, 0.3) is 0 Å². The maximum atomic E-state index is 12.8. The molecule has 0 atom stereocenters. The van der Waals surface area contributed by atoms with E-state index in [1.54, 1.807) is 0 Å². The van der Waals surface area contributed by atoms with E-state index < -0.39 is 10.7 Å². The molecule has 2 aliphatic heterocycles. The molecule has 2 aliphatic rings. The maximum absolute atomic E-state index is 12.8. The molecule has 0 bridgehead atoms. The summed E-state index contributed by atoms with van der Waals surface area (Å²) in [4.78, 5) is 30.5. The molecular formula is C24H31Cl2N5O2. The first-order valence-electron chi connectivity index (χ1n) is 11.6. The predicted molar refractivity (Wildman–Crippen MR) is 135 cm³/mol. The van der Waals surface area contributed by atoms with Crippen LogP contribution in [-0.4, -0.2) is 65.4 Å². The number of carbonyl (C=O) groups is 2. The van der Waals surface area contributed by atoms with Crippen molar-refractivity contribution < 1.29 is 9.59 Å². The minimum Gasteiger partial charge on any atom is -0.370 e. The number of carbonyl (C=O) groups excluding carboxylic acids is 2. The zero-order valence-corrected chi connectivity index (χ0v) is 20.5. The van der Waals surface area contributed by atoms with E-state index in [0.29, 0.717) is 18.8 Å². The molecular weight excluding hydrogens is 461 g/mol. The summed E-state index contributed by atoms with van der Waals surface area (Å²) < 4.78 is 1.86. The molecule has 0 aliphatic carbocycles. The highest BCUT2D eigenvalue weighted by molar-refractivity contribution is 6.54. The van der Waals surface area contributed by atoms with Crippen LogP contribution in [0.5, 0.6) is 0 Å². The van der Waals surface area contributed by atoms with Crippen molar-refractivity contribution in [1.29, 1.82) is 0 Å². The monoisotopic (exact) mass is 491 g/mol. The van der Waals surface area contributed by atoms with Gasteiger partial charge in [0.05, 0.1) is 11.4 Å². The number of hydrogen-bond donors (Lipinski definition) is 1. The van der Waals surface area contributed by atoms with Crippen LogP contribution in [0, 0.1) is 0 Å². The van der Waals surface area contributed by atoms with Crippen molar-refractivity contribution in [3.63, 3.8) is 0 Å². The maximum Gasteiger partial charge on any atom is 0.270 e. The van der Waals surface area contributed by atoms with E-state index in [0.717, 1.165) is 56.1 Å². The Labute approximate surface area is 205 Å². The lowest BCUT2D eigenvalue weighted by atomic mass is 10.1. The number of aryl methyl sites for hydroxylation is 1. The van der Waals surface area contributed by atoms with Gasteiger partial charge in [-0.05, 0) is 43.2 Å². The average molecular weight is 492 g/mol. The van der Waals surface area contributed by atoms with E-state index >= 15 is 0 Å². The number of hydrogen-bond acceptors (Lipinski definition) is 4. The minimum absolute atomic E-state index is 0.0715. The molecule has 2 fully saturated rings. The fraction of sp³-hybridized carbons (Fsp3) is 0.500. The second-order valence-corrected chi connectivity index (χ2v) is 9.77. The van der Waals surface area contributed by atoms with Crippen LogP contribution < -0.4 is 15.1 Å². The standard InChI is InChI=1S/C24H31Cl2N5O2/c1-28-10-6-7-20(28)24(33)31-15-13-29(14-16-31)18-8-9-19(27-23(32)22(25)26)21(17-18)30-11-4-2-3-5-12-30/h6-10,17,22H,2-5,11-16H2,1H3,(H,27,32). The smallest absolute Gasteiger partial charge is 0.270 e. The van der Waals surface area contributed by atoms with Gasteiger partial charge in [-0.15, -0.1) is 0 Å². The second-order valence-electron chi connectivity index (χ2n) is 8.68. The lowest BCUT2D eigenvalue weighted by Crippen LogP contribution is -2.49. The van der Waals surface area contributed by atoms with Gasteiger partial charge in [0.2, 0.25) is 0 Å². The summed E-state index contributed by atoms with van der Waals surface area (Å²) in [5.41, 5.74) is 3.53. The van der Waals surface area contributed by atoms with Crippen LogP contribution in [0.1, 0.15) is 36.2 Å². The lowest BCUT2D eigenvalue weighted by Gasteiger charge is -2.37. The third kappa shape index (κ3) is 5.58. The summed E-state index contributed by atoms with van der Waals surface area (Å²) in [5.74, 6) is -0.350. The van der Waals surface area contributed by atoms with Gasteiger partial charge in [-0.3, -0.25) is 9.59 Å². The van der Waals surface area contributed by atoms with E-state index in [4.69, 9.17) is 23.2 Å². The number of benzene rings is 1. The number of aromatic nitrogens is 1. The highest BCUT2D eigenvalue weighted by Crippen LogP contribution is 2.33. The molecule has 33 heavy (non-hydrogen) atoms. The summed E-state index contributed by atoms with van der Waals surface area (Å²) in [7, 11) is 1.89. The fourth-order valence-corrected chi connectivity index (χ4v) is 4.71. The van der Waals surface area contributed by atoms with Gasteiger partial charge >= 0.3 is 0 Å². The lowest BCUT2D eigenvalue weighted by molar-refractivity contribution is -0.114. The number of piperazine rings is 1. The Hall–Kier alpha value is -2.38. The summed E-state index contributed by atoms with van der Waals surface area (Å²) in [6.45, 7) is 4.76. The summed E-state index contributed by atoms with van der Waals surface area (Å²) in [5, 5.41) is 2.88. The highest BCUT2D eigenvalue weighted by atomic mass is 35.5. The Bertz CT molecular complexity index is 977. The van der Waals surface area contributed by atoms with Crippen molar-refractivity contribution in [2.45, 2.75) is 30.5 Å². The van der Waals surface area contributed by atoms with E-state index in [-0.39, 0.29) is 5.91 Å². The van der Waals surface area contributed by atoms with Gasteiger partial charge in [0.25, 0.3) is 11.8 Å². The Morgan fingerprint density at radius 1 is 0.909 bits per heavy atom. The number of nitrogens with one attached hydrogen (secondary N) is 1. The molecule has 9 heteroatoms. The molecule has 7 nitrogen and oxygen atoms in total. The zero-order chi connectivity index (χ0) is 23.4. The van der Waals surface area contributed by atoms with Crippen LogP contribution in [0.15, 0.2) is 36.5 Å². The molecule has 178 valence electrons. The number of amides is 2.